The molecular weight excluding hydrogens is 277 g/mol. The van der Waals surface area contributed by atoms with Crippen LogP contribution in [0.15, 0.2) is 24.3 Å². The topological polar surface area (TPSA) is 81.0 Å². The molecule has 1 aromatic rings. The minimum absolute atomic E-state index is 0.184. The Morgan fingerprint density at radius 2 is 1.71 bits per heavy atom. The van der Waals surface area contributed by atoms with Gasteiger partial charge < -0.3 is 15.3 Å². The molecule has 0 unspecified atom stereocenters. The fourth-order valence-corrected chi connectivity index (χ4v) is 1.63. The maximum atomic E-state index is 12.5. The van der Waals surface area contributed by atoms with Crippen LogP contribution in [0, 0.1) is 5.82 Å². The highest BCUT2D eigenvalue weighted by Crippen LogP contribution is 2.04. The van der Waals surface area contributed by atoms with Gasteiger partial charge in [-0.25, -0.2) is 9.18 Å². The zero-order valence-corrected chi connectivity index (χ0v) is 12.3. The number of rotatable bonds is 8. The lowest BCUT2D eigenvalue weighted by Crippen LogP contribution is -2.30. The number of aliphatic hydroxyl groups is 2. The Kier molecular flexibility index (Phi) is 11.4. The SMILES string of the molecule is CCCCN(CCO)CCO.O=C(O)c1ccccc1F. The van der Waals surface area contributed by atoms with Gasteiger partial charge in [-0.2, -0.15) is 0 Å². The summed E-state index contributed by atoms with van der Waals surface area (Å²) >= 11 is 0. The van der Waals surface area contributed by atoms with E-state index in [1.807, 2.05) is 0 Å². The minimum Gasteiger partial charge on any atom is -0.478 e. The number of aromatic carboxylic acids is 1. The molecular formula is C15H24FNO4. The summed E-state index contributed by atoms with van der Waals surface area (Å²) in [6.07, 6.45) is 2.30. The summed E-state index contributed by atoms with van der Waals surface area (Å²) < 4.78 is 12.5. The van der Waals surface area contributed by atoms with Gasteiger partial charge in [0.1, 0.15) is 5.82 Å². The van der Waals surface area contributed by atoms with Crippen LogP contribution in [-0.2, 0) is 0 Å². The van der Waals surface area contributed by atoms with Gasteiger partial charge in [-0.3, -0.25) is 4.90 Å². The Morgan fingerprint density at radius 1 is 1.14 bits per heavy atom. The Labute approximate surface area is 124 Å². The summed E-state index contributed by atoms with van der Waals surface area (Å²) in [6, 6.07) is 5.26. The third-order valence-electron chi connectivity index (χ3n) is 2.76. The molecule has 0 spiro atoms. The van der Waals surface area contributed by atoms with Crippen molar-refractivity contribution in [2.75, 3.05) is 32.8 Å². The summed E-state index contributed by atoms with van der Waals surface area (Å²) in [4.78, 5) is 12.3. The van der Waals surface area contributed by atoms with Crippen molar-refractivity contribution in [3.05, 3.63) is 35.6 Å². The van der Waals surface area contributed by atoms with Crippen molar-refractivity contribution in [2.45, 2.75) is 19.8 Å². The molecule has 0 saturated heterocycles. The molecule has 3 N–H and O–H groups in total. The molecule has 1 rings (SSSR count). The highest BCUT2D eigenvalue weighted by atomic mass is 19.1. The third kappa shape index (κ3) is 9.12. The number of halogens is 1. The van der Waals surface area contributed by atoms with Gasteiger partial charge in [-0.05, 0) is 25.1 Å². The first-order valence-electron chi connectivity index (χ1n) is 6.98. The number of carbonyl (C=O) groups is 1. The Morgan fingerprint density at radius 3 is 2.10 bits per heavy atom. The van der Waals surface area contributed by atoms with Crippen molar-refractivity contribution < 1.29 is 24.5 Å². The molecule has 0 bridgehead atoms. The van der Waals surface area contributed by atoms with Gasteiger partial charge in [0.2, 0.25) is 0 Å². The molecule has 0 amide bonds. The lowest BCUT2D eigenvalue weighted by molar-refractivity contribution is 0.0692. The zero-order valence-electron chi connectivity index (χ0n) is 12.3. The molecule has 0 fully saturated rings. The molecule has 0 aromatic heterocycles. The van der Waals surface area contributed by atoms with E-state index in [0.717, 1.165) is 25.5 Å². The van der Waals surface area contributed by atoms with Crippen LogP contribution >= 0.6 is 0 Å². The summed E-state index contributed by atoms with van der Waals surface area (Å²) in [5, 5.41) is 25.6. The average Bonchev–Trinajstić information content (AvgIpc) is 2.46. The molecule has 0 aliphatic heterocycles. The molecule has 0 atom stereocenters. The second-order valence-corrected chi connectivity index (χ2v) is 4.43. The highest BCUT2D eigenvalue weighted by Gasteiger charge is 2.06. The van der Waals surface area contributed by atoms with Crippen LogP contribution in [0.25, 0.3) is 0 Å². The summed E-state index contributed by atoms with van der Waals surface area (Å²) in [5.41, 5.74) is -0.289. The first kappa shape index (κ1) is 19.5. The molecule has 21 heavy (non-hydrogen) atoms. The molecule has 0 aliphatic rings. The van der Waals surface area contributed by atoms with E-state index in [1.165, 1.54) is 18.2 Å². The Balaban J connectivity index is 0.000000382. The largest absolute Gasteiger partial charge is 0.478 e. The van der Waals surface area contributed by atoms with Crippen molar-refractivity contribution in [1.82, 2.24) is 4.90 Å². The summed E-state index contributed by atoms with van der Waals surface area (Å²) in [7, 11) is 0. The predicted octanol–water partition coefficient (Wildman–Crippen LogP) is 1.60. The summed E-state index contributed by atoms with van der Waals surface area (Å²) in [5.74, 6) is -1.94. The van der Waals surface area contributed by atoms with Gasteiger partial charge >= 0.3 is 5.97 Å². The zero-order chi connectivity index (χ0) is 16.1. The van der Waals surface area contributed by atoms with E-state index >= 15 is 0 Å². The first-order chi connectivity index (χ1) is 10.1. The Hall–Kier alpha value is -1.50. The molecule has 0 aliphatic carbocycles. The van der Waals surface area contributed by atoms with Crippen LogP contribution in [0.1, 0.15) is 30.1 Å². The van der Waals surface area contributed by atoms with Crippen LogP contribution in [0.2, 0.25) is 0 Å². The Bertz CT molecular complexity index is 395. The maximum Gasteiger partial charge on any atom is 0.338 e. The van der Waals surface area contributed by atoms with Crippen molar-refractivity contribution >= 4 is 5.97 Å². The van der Waals surface area contributed by atoms with Crippen LogP contribution in [0.4, 0.5) is 4.39 Å². The van der Waals surface area contributed by atoms with Crippen molar-refractivity contribution in [3.63, 3.8) is 0 Å². The summed E-state index contributed by atoms with van der Waals surface area (Å²) in [6.45, 7) is 4.85. The third-order valence-corrected chi connectivity index (χ3v) is 2.76. The van der Waals surface area contributed by atoms with E-state index in [4.69, 9.17) is 15.3 Å². The maximum absolute atomic E-state index is 12.5. The highest BCUT2D eigenvalue weighted by molar-refractivity contribution is 5.87. The van der Waals surface area contributed by atoms with Gasteiger partial charge in [0.05, 0.1) is 18.8 Å². The molecule has 5 nitrogen and oxygen atoms in total. The first-order valence-corrected chi connectivity index (χ1v) is 6.98. The van der Waals surface area contributed by atoms with Gasteiger partial charge in [-0.15, -0.1) is 0 Å². The van der Waals surface area contributed by atoms with E-state index in [1.54, 1.807) is 0 Å². The second kappa shape index (κ2) is 12.3. The number of unbranched alkanes of at least 4 members (excludes halogenated alkanes) is 1. The number of benzene rings is 1. The van der Waals surface area contributed by atoms with E-state index in [-0.39, 0.29) is 18.8 Å². The normalized spacial score (nSPS) is 10.1. The molecule has 6 heteroatoms. The molecule has 0 saturated carbocycles. The molecule has 120 valence electrons. The van der Waals surface area contributed by atoms with Gasteiger partial charge in [0.25, 0.3) is 0 Å². The fraction of sp³-hybridized carbons (Fsp3) is 0.533. The van der Waals surface area contributed by atoms with E-state index < -0.39 is 11.8 Å². The average molecular weight is 301 g/mol. The van der Waals surface area contributed by atoms with Crippen LogP contribution < -0.4 is 0 Å². The fourth-order valence-electron chi connectivity index (χ4n) is 1.63. The number of carboxylic acid groups (broad SMARTS) is 1. The van der Waals surface area contributed by atoms with E-state index in [0.29, 0.717) is 13.1 Å². The number of carboxylic acids is 1. The monoisotopic (exact) mass is 301 g/mol. The molecule has 0 heterocycles. The van der Waals surface area contributed by atoms with Crippen molar-refractivity contribution in [1.29, 1.82) is 0 Å². The van der Waals surface area contributed by atoms with E-state index in [9.17, 15) is 9.18 Å². The standard InChI is InChI=1S/C8H19NO2.C7H5FO2/c1-2-3-4-9(5-7-10)6-8-11;8-6-4-2-1-3-5(6)7(9)10/h10-11H,2-8H2,1H3;1-4H,(H,9,10). The van der Waals surface area contributed by atoms with E-state index in [2.05, 4.69) is 11.8 Å². The van der Waals surface area contributed by atoms with Crippen LogP contribution in [0.5, 0.6) is 0 Å². The van der Waals surface area contributed by atoms with Crippen molar-refractivity contribution in [3.8, 4) is 0 Å². The lowest BCUT2D eigenvalue weighted by Gasteiger charge is -2.19. The number of aliphatic hydroxyl groups excluding tert-OH is 2. The molecule has 1 aromatic carbocycles. The lowest BCUT2D eigenvalue weighted by atomic mass is 10.2. The molecule has 0 radical (unpaired) electrons. The van der Waals surface area contributed by atoms with Gasteiger partial charge in [-0.1, -0.05) is 25.5 Å². The second-order valence-electron chi connectivity index (χ2n) is 4.43. The number of hydrogen-bond donors (Lipinski definition) is 3. The quantitative estimate of drug-likeness (QED) is 0.679. The van der Waals surface area contributed by atoms with Gasteiger partial charge in [0, 0.05) is 13.1 Å². The van der Waals surface area contributed by atoms with Crippen molar-refractivity contribution in [2.24, 2.45) is 0 Å². The minimum atomic E-state index is -1.24. The number of nitrogens with zero attached hydrogens (tertiary/aromatic N) is 1. The smallest absolute Gasteiger partial charge is 0.338 e. The predicted molar refractivity (Wildman–Crippen MR) is 78.9 cm³/mol. The number of hydrogen-bond acceptors (Lipinski definition) is 4. The van der Waals surface area contributed by atoms with Crippen LogP contribution in [-0.4, -0.2) is 59.0 Å². The van der Waals surface area contributed by atoms with Gasteiger partial charge in [0.15, 0.2) is 0 Å². The van der Waals surface area contributed by atoms with Crippen LogP contribution in [0.3, 0.4) is 0 Å².